The van der Waals surface area contributed by atoms with Crippen molar-refractivity contribution < 1.29 is 4.52 Å². The fourth-order valence-electron chi connectivity index (χ4n) is 1.75. The highest BCUT2D eigenvalue weighted by molar-refractivity contribution is 7.13. The number of hydrogen-bond donors (Lipinski definition) is 1. The third-order valence-corrected chi connectivity index (χ3v) is 3.62. The molecule has 0 amide bonds. The van der Waals surface area contributed by atoms with Gasteiger partial charge in [0.2, 0.25) is 0 Å². The normalized spacial score (nSPS) is 15.7. The van der Waals surface area contributed by atoms with Gasteiger partial charge in [-0.25, -0.2) is 0 Å². The summed E-state index contributed by atoms with van der Waals surface area (Å²) in [6, 6.07) is 4.08. The quantitative estimate of drug-likeness (QED) is 0.865. The van der Waals surface area contributed by atoms with Crippen molar-refractivity contribution >= 4 is 17.2 Å². The maximum Gasteiger partial charge on any atom is 0.175 e. The molecule has 0 saturated heterocycles. The lowest BCUT2D eigenvalue weighted by molar-refractivity contribution is 0.381. The topological polar surface area (TPSA) is 52.0 Å². The van der Waals surface area contributed by atoms with Gasteiger partial charge in [-0.1, -0.05) is 11.2 Å². The first kappa shape index (κ1) is 8.97. The van der Waals surface area contributed by atoms with Gasteiger partial charge in [0.15, 0.2) is 5.82 Å². The molecule has 2 aromatic heterocycles. The van der Waals surface area contributed by atoms with Gasteiger partial charge in [-0.2, -0.15) is 0 Å². The van der Waals surface area contributed by atoms with Crippen LogP contribution < -0.4 is 5.73 Å². The first-order valence-corrected chi connectivity index (χ1v) is 6.00. The Morgan fingerprint density at radius 3 is 3.07 bits per heavy atom. The minimum Gasteiger partial charge on any atom is -0.380 e. The summed E-state index contributed by atoms with van der Waals surface area (Å²) in [7, 11) is 0. The van der Waals surface area contributed by atoms with Crippen LogP contribution in [0.3, 0.4) is 0 Å². The zero-order valence-corrected chi connectivity index (χ0v) is 9.09. The van der Waals surface area contributed by atoms with Crippen LogP contribution >= 0.6 is 11.3 Å². The summed E-state index contributed by atoms with van der Waals surface area (Å²) in [5.74, 6) is 2.27. The molecule has 2 heterocycles. The summed E-state index contributed by atoms with van der Waals surface area (Å²) in [6.45, 7) is 0. The first-order valence-electron chi connectivity index (χ1n) is 5.12. The fourth-order valence-corrected chi connectivity index (χ4v) is 2.54. The summed E-state index contributed by atoms with van der Waals surface area (Å²) in [4.78, 5) is 1.16. The third-order valence-electron chi connectivity index (χ3n) is 2.73. The highest BCUT2D eigenvalue weighted by Gasteiger charge is 2.26. The summed E-state index contributed by atoms with van der Waals surface area (Å²) in [6.07, 6.45) is 3.60. The van der Waals surface area contributed by atoms with Crippen LogP contribution in [0.25, 0.3) is 10.4 Å². The minimum absolute atomic E-state index is 0.521. The van der Waals surface area contributed by atoms with Crippen molar-refractivity contribution in [1.29, 1.82) is 0 Å². The third kappa shape index (κ3) is 1.65. The highest BCUT2D eigenvalue weighted by atomic mass is 32.1. The van der Waals surface area contributed by atoms with E-state index in [9.17, 15) is 0 Å². The lowest BCUT2D eigenvalue weighted by atomic mass is 10.1. The molecule has 2 N–H and O–H groups in total. The van der Waals surface area contributed by atoms with E-state index >= 15 is 0 Å². The van der Waals surface area contributed by atoms with Crippen molar-refractivity contribution in [3.05, 3.63) is 23.3 Å². The molecule has 0 spiro atoms. The molecule has 1 aliphatic carbocycles. The van der Waals surface area contributed by atoms with Gasteiger partial charge in [0.05, 0.1) is 5.56 Å². The minimum atomic E-state index is 0.521. The van der Waals surface area contributed by atoms with Crippen LogP contribution in [0.2, 0.25) is 0 Å². The molecule has 1 fully saturated rings. The van der Waals surface area contributed by atoms with Crippen molar-refractivity contribution in [1.82, 2.24) is 5.16 Å². The number of nitrogens with zero attached hydrogens (tertiary/aromatic N) is 1. The van der Waals surface area contributed by atoms with E-state index in [2.05, 4.69) is 11.2 Å². The van der Waals surface area contributed by atoms with E-state index in [1.54, 1.807) is 11.3 Å². The molecule has 2 aromatic rings. The van der Waals surface area contributed by atoms with E-state index in [4.69, 9.17) is 10.3 Å². The van der Waals surface area contributed by atoms with Gasteiger partial charge in [-0.05, 0) is 30.2 Å². The average Bonchev–Trinajstić information content (AvgIpc) is 2.74. The Morgan fingerprint density at radius 2 is 2.40 bits per heavy atom. The van der Waals surface area contributed by atoms with Gasteiger partial charge in [0, 0.05) is 11.3 Å². The number of thiophene rings is 1. The zero-order chi connectivity index (χ0) is 10.3. The second-order valence-electron chi connectivity index (χ2n) is 3.99. The molecule has 3 nitrogen and oxygen atoms in total. The summed E-state index contributed by atoms with van der Waals surface area (Å²) >= 11 is 1.68. The van der Waals surface area contributed by atoms with Crippen LogP contribution in [0.1, 0.15) is 18.6 Å². The number of nitrogen functional groups attached to an aromatic ring is 1. The second kappa shape index (κ2) is 3.38. The van der Waals surface area contributed by atoms with Gasteiger partial charge < -0.3 is 10.3 Å². The molecular weight excluding hydrogens is 208 g/mol. The predicted octanol–water partition coefficient (Wildman–Crippen LogP) is 2.94. The Morgan fingerprint density at radius 1 is 1.53 bits per heavy atom. The number of hydrogen-bond acceptors (Lipinski definition) is 4. The molecule has 1 aliphatic rings. The van der Waals surface area contributed by atoms with Crippen LogP contribution in [-0.4, -0.2) is 5.16 Å². The van der Waals surface area contributed by atoms with Crippen molar-refractivity contribution in [3.8, 4) is 10.4 Å². The van der Waals surface area contributed by atoms with Crippen molar-refractivity contribution in [2.24, 2.45) is 5.92 Å². The second-order valence-corrected chi connectivity index (χ2v) is 4.94. The average molecular weight is 220 g/mol. The molecule has 0 radical (unpaired) electrons. The first-order chi connectivity index (χ1) is 7.34. The fraction of sp³-hybridized carbons (Fsp3) is 0.364. The van der Waals surface area contributed by atoms with Crippen molar-refractivity contribution in [2.45, 2.75) is 19.3 Å². The van der Waals surface area contributed by atoms with Crippen molar-refractivity contribution in [3.63, 3.8) is 0 Å². The van der Waals surface area contributed by atoms with Gasteiger partial charge in [-0.15, -0.1) is 11.3 Å². The van der Waals surface area contributed by atoms with Gasteiger partial charge in [0.25, 0.3) is 0 Å². The molecule has 15 heavy (non-hydrogen) atoms. The Bertz CT molecular complexity index is 457. The maximum absolute atomic E-state index is 5.83. The molecular formula is C11H12N2OS. The Balaban J connectivity index is 2.00. The Labute approximate surface area is 91.9 Å². The van der Waals surface area contributed by atoms with E-state index < -0.39 is 0 Å². The number of rotatable bonds is 3. The van der Waals surface area contributed by atoms with E-state index in [1.807, 2.05) is 11.4 Å². The van der Waals surface area contributed by atoms with Crippen molar-refractivity contribution in [2.75, 3.05) is 5.73 Å². The molecule has 1 saturated carbocycles. The predicted molar refractivity (Wildman–Crippen MR) is 60.7 cm³/mol. The van der Waals surface area contributed by atoms with Crippen LogP contribution in [0.15, 0.2) is 22.0 Å². The smallest absolute Gasteiger partial charge is 0.175 e. The number of nitrogens with two attached hydrogens (primary N) is 1. The van der Waals surface area contributed by atoms with E-state index in [0.717, 1.165) is 28.5 Å². The van der Waals surface area contributed by atoms with E-state index in [-0.39, 0.29) is 0 Å². The van der Waals surface area contributed by atoms with E-state index in [1.165, 1.54) is 12.8 Å². The largest absolute Gasteiger partial charge is 0.380 e. The van der Waals surface area contributed by atoms with Crippen LogP contribution in [0, 0.1) is 5.92 Å². The monoisotopic (exact) mass is 220 g/mol. The van der Waals surface area contributed by atoms with Crippen LogP contribution in [0.4, 0.5) is 5.82 Å². The molecule has 4 heteroatoms. The van der Waals surface area contributed by atoms with E-state index in [0.29, 0.717) is 5.82 Å². The number of anilines is 1. The lowest BCUT2D eigenvalue weighted by Crippen LogP contribution is -1.90. The summed E-state index contributed by atoms with van der Waals surface area (Å²) < 4.78 is 5.30. The maximum atomic E-state index is 5.83. The molecule has 78 valence electrons. The number of aromatic nitrogens is 1. The molecule has 0 unspecified atom stereocenters. The van der Waals surface area contributed by atoms with Gasteiger partial charge in [0.1, 0.15) is 5.76 Å². The Hall–Kier alpha value is -1.29. The molecule has 0 aliphatic heterocycles. The van der Waals surface area contributed by atoms with Crippen LogP contribution in [-0.2, 0) is 6.42 Å². The zero-order valence-electron chi connectivity index (χ0n) is 8.27. The molecule has 0 aromatic carbocycles. The molecule has 3 rings (SSSR count). The highest BCUT2D eigenvalue weighted by Crippen LogP contribution is 2.39. The molecule has 0 atom stereocenters. The summed E-state index contributed by atoms with van der Waals surface area (Å²) in [5, 5.41) is 5.91. The lowest BCUT2D eigenvalue weighted by Gasteiger charge is -1.97. The SMILES string of the molecule is Nc1noc(CC2CC2)c1-c1cccs1. The standard InChI is InChI=1S/C11H12N2OS/c12-11-10(9-2-1-5-15-9)8(14-13-11)6-7-3-4-7/h1-2,5,7H,3-4,6H2,(H2,12,13). The van der Waals surface area contributed by atoms with Gasteiger partial charge >= 0.3 is 0 Å². The van der Waals surface area contributed by atoms with Gasteiger partial charge in [-0.3, -0.25) is 0 Å². The summed E-state index contributed by atoms with van der Waals surface area (Å²) in [5.41, 5.74) is 6.84. The Kier molecular flexibility index (Phi) is 2.02. The van der Waals surface area contributed by atoms with Crippen LogP contribution in [0.5, 0.6) is 0 Å². The molecule has 0 bridgehead atoms.